The molecule has 0 bridgehead atoms. The van der Waals surface area contributed by atoms with Crippen molar-refractivity contribution in [3.05, 3.63) is 47.1 Å². The second kappa shape index (κ2) is 6.02. The molecule has 1 aromatic heterocycles. The predicted octanol–water partition coefficient (Wildman–Crippen LogP) is 2.79. The fraction of sp³-hybridized carbons (Fsp3) is 0.474. The fourth-order valence-electron chi connectivity index (χ4n) is 3.94. The number of nitrogens with two attached hydrogens (primary N) is 1. The van der Waals surface area contributed by atoms with E-state index in [1.807, 2.05) is 13.8 Å². The third kappa shape index (κ3) is 2.46. The Morgan fingerprint density at radius 2 is 1.69 bits per heavy atom. The van der Waals surface area contributed by atoms with Gasteiger partial charge in [-0.05, 0) is 30.9 Å². The van der Waals surface area contributed by atoms with Crippen molar-refractivity contribution in [2.45, 2.75) is 51.1 Å². The lowest BCUT2D eigenvalue weighted by Crippen LogP contribution is -2.37. The molecule has 2 heterocycles. The first-order chi connectivity index (χ1) is 12.4. The van der Waals surface area contributed by atoms with E-state index in [0.29, 0.717) is 17.0 Å². The van der Waals surface area contributed by atoms with Crippen LogP contribution in [0.2, 0.25) is 0 Å². The average molecular weight is 354 g/mol. The summed E-state index contributed by atoms with van der Waals surface area (Å²) in [6, 6.07) is 6.22. The van der Waals surface area contributed by atoms with E-state index in [0.717, 1.165) is 25.7 Å². The number of aromatic nitrogens is 2. The molecular weight excluding hydrogens is 332 g/mol. The maximum Gasteiger partial charge on any atom is 0.262 e. The Balaban J connectivity index is 1.71. The zero-order chi connectivity index (χ0) is 18.5. The van der Waals surface area contributed by atoms with Gasteiger partial charge in [-0.15, -0.1) is 0 Å². The van der Waals surface area contributed by atoms with Gasteiger partial charge in [0, 0.05) is 0 Å². The average Bonchev–Trinajstić information content (AvgIpc) is 3.32. The van der Waals surface area contributed by atoms with Gasteiger partial charge in [-0.3, -0.25) is 14.5 Å². The van der Waals surface area contributed by atoms with Crippen LogP contribution in [-0.4, -0.2) is 26.9 Å². The number of hydrogen-bond acceptors (Lipinski definition) is 6. The highest BCUT2D eigenvalue weighted by molar-refractivity contribution is 6.21. The van der Waals surface area contributed by atoms with Crippen molar-refractivity contribution in [3.63, 3.8) is 0 Å². The molecule has 4 rings (SSSR count). The lowest BCUT2D eigenvalue weighted by atomic mass is 9.98. The van der Waals surface area contributed by atoms with Crippen molar-refractivity contribution in [1.29, 1.82) is 0 Å². The molecule has 1 aliphatic carbocycles. The Kier molecular flexibility index (Phi) is 3.91. The smallest absolute Gasteiger partial charge is 0.262 e. The number of amides is 2. The molecule has 26 heavy (non-hydrogen) atoms. The first-order valence-electron chi connectivity index (χ1n) is 9.02. The highest BCUT2D eigenvalue weighted by Crippen LogP contribution is 2.38. The lowest BCUT2D eigenvalue weighted by molar-refractivity contribution is 0.0497. The summed E-state index contributed by atoms with van der Waals surface area (Å²) in [7, 11) is 0. The topological polar surface area (TPSA) is 102 Å². The Labute approximate surface area is 151 Å². The van der Waals surface area contributed by atoms with E-state index in [4.69, 9.17) is 10.3 Å². The predicted molar refractivity (Wildman–Crippen MR) is 93.2 cm³/mol. The fourth-order valence-corrected chi connectivity index (χ4v) is 3.94. The van der Waals surface area contributed by atoms with E-state index in [9.17, 15) is 9.59 Å². The largest absolute Gasteiger partial charge is 0.337 e. The Morgan fingerprint density at radius 1 is 1.12 bits per heavy atom. The molecule has 7 heteroatoms. The molecule has 7 nitrogen and oxygen atoms in total. The highest BCUT2D eigenvalue weighted by atomic mass is 16.5. The lowest BCUT2D eigenvalue weighted by Gasteiger charge is -2.26. The van der Waals surface area contributed by atoms with E-state index >= 15 is 0 Å². The Hall–Kier alpha value is -2.54. The number of hydrogen-bond donors (Lipinski definition) is 1. The van der Waals surface area contributed by atoms with Gasteiger partial charge in [0.05, 0.1) is 16.7 Å². The molecule has 2 aromatic rings. The number of fused-ring (bicyclic) bond motifs is 1. The number of rotatable bonds is 4. The number of carbonyl (C=O) groups excluding carboxylic acids is 2. The number of nitrogens with zero attached hydrogens (tertiary/aromatic N) is 3. The van der Waals surface area contributed by atoms with Crippen LogP contribution in [0.4, 0.5) is 0 Å². The summed E-state index contributed by atoms with van der Waals surface area (Å²) in [6.45, 7) is 3.84. The molecule has 2 N–H and O–H groups in total. The second-order valence-corrected chi connectivity index (χ2v) is 7.53. The van der Waals surface area contributed by atoms with Crippen molar-refractivity contribution < 1.29 is 14.1 Å². The van der Waals surface area contributed by atoms with Crippen molar-refractivity contribution in [2.75, 3.05) is 0 Å². The molecule has 1 fully saturated rings. The van der Waals surface area contributed by atoms with Gasteiger partial charge >= 0.3 is 0 Å². The molecule has 0 radical (unpaired) electrons. The van der Waals surface area contributed by atoms with Crippen molar-refractivity contribution in [2.24, 2.45) is 11.7 Å². The molecule has 2 aliphatic rings. The zero-order valence-electron chi connectivity index (χ0n) is 14.9. The molecule has 1 unspecified atom stereocenters. The minimum Gasteiger partial charge on any atom is -0.337 e. The normalized spacial score (nSPS) is 20.1. The minimum atomic E-state index is -0.617. The van der Waals surface area contributed by atoms with Gasteiger partial charge in [0.2, 0.25) is 5.89 Å². The Morgan fingerprint density at radius 3 is 2.23 bits per heavy atom. The maximum atomic E-state index is 12.8. The molecule has 0 saturated heterocycles. The molecule has 2 amide bonds. The monoisotopic (exact) mass is 354 g/mol. The van der Waals surface area contributed by atoms with Crippen molar-refractivity contribution in [1.82, 2.24) is 15.0 Å². The summed E-state index contributed by atoms with van der Waals surface area (Å²) in [5, 5.41) is 4.08. The maximum absolute atomic E-state index is 12.8. The number of carbonyl (C=O) groups is 2. The minimum absolute atomic E-state index is 0.0807. The second-order valence-electron chi connectivity index (χ2n) is 7.53. The summed E-state index contributed by atoms with van der Waals surface area (Å²) in [6.07, 6.45) is 3.69. The first kappa shape index (κ1) is 16.9. The van der Waals surface area contributed by atoms with Crippen LogP contribution in [0.1, 0.15) is 78.0 Å². The molecule has 1 atom stereocenters. The van der Waals surface area contributed by atoms with E-state index in [2.05, 4.69) is 10.1 Å². The van der Waals surface area contributed by atoms with Gasteiger partial charge in [0.1, 0.15) is 6.04 Å². The molecule has 1 aliphatic heterocycles. The first-order valence-corrected chi connectivity index (χ1v) is 9.02. The highest BCUT2D eigenvalue weighted by Gasteiger charge is 2.45. The molecule has 0 spiro atoms. The van der Waals surface area contributed by atoms with Crippen LogP contribution >= 0.6 is 0 Å². The van der Waals surface area contributed by atoms with Crippen LogP contribution < -0.4 is 5.73 Å². The molecule has 1 saturated carbocycles. The van der Waals surface area contributed by atoms with Gasteiger partial charge in [-0.1, -0.05) is 44.0 Å². The SMILES string of the molecule is CC(C)C(c1nc(C2(N)CCCC2)no1)N1C(=O)c2ccccc2C1=O. The van der Waals surface area contributed by atoms with Crippen molar-refractivity contribution >= 4 is 11.8 Å². The number of imide groups is 1. The summed E-state index contributed by atoms with van der Waals surface area (Å²) in [5.74, 6) is -0.00365. The molecule has 136 valence electrons. The summed E-state index contributed by atoms with van der Waals surface area (Å²) >= 11 is 0. The van der Waals surface area contributed by atoms with Gasteiger partial charge in [-0.2, -0.15) is 4.98 Å². The summed E-state index contributed by atoms with van der Waals surface area (Å²) in [4.78, 5) is 31.4. The van der Waals surface area contributed by atoms with Gasteiger partial charge < -0.3 is 10.3 Å². The van der Waals surface area contributed by atoms with E-state index in [-0.39, 0.29) is 23.6 Å². The third-order valence-corrected chi connectivity index (χ3v) is 5.37. The molecule has 1 aromatic carbocycles. The van der Waals surface area contributed by atoms with Gasteiger partial charge in [-0.25, -0.2) is 0 Å². The van der Waals surface area contributed by atoms with Crippen molar-refractivity contribution in [3.8, 4) is 0 Å². The van der Waals surface area contributed by atoms with Gasteiger partial charge in [0.15, 0.2) is 5.82 Å². The molecular formula is C19H22N4O3. The standard InChI is InChI=1S/C19H22N4O3/c1-11(2)14(15-21-18(22-26-15)19(20)9-5-6-10-19)23-16(24)12-7-3-4-8-13(12)17(23)25/h3-4,7-8,11,14H,5-6,9-10,20H2,1-2H3. The summed E-state index contributed by atoms with van der Waals surface area (Å²) in [5.41, 5.74) is 6.66. The Bertz CT molecular complexity index is 832. The van der Waals surface area contributed by atoms with Crippen LogP contribution in [-0.2, 0) is 5.54 Å². The van der Waals surface area contributed by atoms with Crippen LogP contribution in [0.3, 0.4) is 0 Å². The van der Waals surface area contributed by atoms with Crippen LogP contribution in [0.15, 0.2) is 28.8 Å². The number of benzene rings is 1. The summed E-state index contributed by atoms with van der Waals surface area (Å²) < 4.78 is 5.49. The van der Waals surface area contributed by atoms with E-state index in [1.165, 1.54) is 4.90 Å². The van der Waals surface area contributed by atoms with Crippen LogP contribution in [0.25, 0.3) is 0 Å². The van der Waals surface area contributed by atoms with Crippen LogP contribution in [0.5, 0.6) is 0 Å². The third-order valence-electron chi connectivity index (χ3n) is 5.37. The zero-order valence-corrected chi connectivity index (χ0v) is 14.9. The van der Waals surface area contributed by atoms with Crippen LogP contribution in [0, 0.1) is 5.92 Å². The van der Waals surface area contributed by atoms with Gasteiger partial charge in [0.25, 0.3) is 11.8 Å². The van der Waals surface area contributed by atoms with E-state index in [1.54, 1.807) is 24.3 Å². The quantitative estimate of drug-likeness (QED) is 0.847. The van der Waals surface area contributed by atoms with E-state index < -0.39 is 11.6 Å².